The predicted octanol–water partition coefficient (Wildman–Crippen LogP) is 5.26. The first-order chi connectivity index (χ1) is 11.1. The van der Waals surface area contributed by atoms with Gasteiger partial charge in [-0.25, -0.2) is 0 Å². The van der Waals surface area contributed by atoms with Crippen molar-refractivity contribution < 1.29 is 20.1 Å². The van der Waals surface area contributed by atoms with Crippen molar-refractivity contribution in [3.05, 3.63) is 88.6 Å². The van der Waals surface area contributed by atoms with Crippen LogP contribution in [0.15, 0.2) is 54.7 Å². The minimum Gasteiger partial charge on any atom is -0.304 e. The van der Waals surface area contributed by atoms with E-state index in [4.69, 9.17) is 0 Å². The smallest absolute Gasteiger partial charge is 0.0190 e. The molecule has 125 valence electrons. The first-order valence-corrected chi connectivity index (χ1v) is 8.11. The number of rotatable bonds is 4. The van der Waals surface area contributed by atoms with E-state index in [2.05, 4.69) is 80.4 Å². The third-order valence-corrected chi connectivity index (χ3v) is 4.05. The van der Waals surface area contributed by atoms with Gasteiger partial charge < -0.3 is 4.98 Å². The number of aryl methyl sites for hydroxylation is 5. The van der Waals surface area contributed by atoms with Crippen molar-refractivity contribution in [3.8, 4) is 11.3 Å². The first kappa shape index (κ1) is 18.6. The van der Waals surface area contributed by atoms with Crippen LogP contribution in [0.25, 0.3) is 11.3 Å². The Balaban J connectivity index is 0.00000208. The summed E-state index contributed by atoms with van der Waals surface area (Å²) in [4.78, 5) is 4.46. The van der Waals surface area contributed by atoms with Crippen LogP contribution < -0.4 is 0 Å². The van der Waals surface area contributed by atoms with Crippen molar-refractivity contribution in [2.75, 3.05) is 0 Å². The van der Waals surface area contributed by atoms with Gasteiger partial charge in [-0.3, -0.25) is 0 Å². The van der Waals surface area contributed by atoms with Crippen molar-refractivity contribution in [2.45, 2.75) is 33.6 Å². The third kappa shape index (κ3) is 4.87. The molecule has 0 saturated heterocycles. The van der Waals surface area contributed by atoms with E-state index in [0.29, 0.717) is 0 Å². The van der Waals surface area contributed by atoms with Gasteiger partial charge in [0.05, 0.1) is 0 Å². The van der Waals surface area contributed by atoms with Gasteiger partial charge >= 0.3 is 0 Å². The molecule has 1 heterocycles. The second-order valence-corrected chi connectivity index (χ2v) is 6.33. The predicted molar refractivity (Wildman–Crippen MR) is 96.6 cm³/mol. The van der Waals surface area contributed by atoms with Crippen LogP contribution in [0.1, 0.15) is 27.8 Å². The molecule has 2 aromatic carbocycles. The summed E-state index contributed by atoms with van der Waals surface area (Å²) in [5.41, 5.74) is 8.63. The fourth-order valence-corrected chi connectivity index (χ4v) is 2.90. The molecule has 24 heavy (non-hydrogen) atoms. The number of nitrogens with zero attached hydrogens (tertiary/aromatic N) is 1. The van der Waals surface area contributed by atoms with Crippen LogP contribution in [0.4, 0.5) is 0 Å². The maximum absolute atomic E-state index is 4.46. The van der Waals surface area contributed by atoms with Crippen LogP contribution in [0, 0.1) is 26.8 Å². The third-order valence-electron chi connectivity index (χ3n) is 4.05. The van der Waals surface area contributed by atoms with Gasteiger partial charge in [0.25, 0.3) is 0 Å². The molecule has 0 amide bonds. The Morgan fingerprint density at radius 1 is 0.792 bits per heavy atom. The van der Waals surface area contributed by atoms with Gasteiger partial charge in [-0.1, -0.05) is 47.9 Å². The van der Waals surface area contributed by atoms with Crippen LogP contribution in [-0.2, 0) is 32.9 Å². The number of pyridine rings is 1. The fourth-order valence-electron chi connectivity index (χ4n) is 2.90. The van der Waals surface area contributed by atoms with E-state index < -0.39 is 0 Å². The first-order valence-electron chi connectivity index (χ1n) is 8.11. The largest absolute Gasteiger partial charge is 0.304 e. The van der Waals surface area contributed by atoms with E-state index in [-0.39, 0.29) is 20.1 Å². The van der Waals surface area contributed by atoms with Gasteiger partial charge in [0.15, 0.2) is 0 Å². The summed E-state index contributed by atoms with van der Waals surface area (Å²) in [5.74, 6) is 0. The van der Waals surface area contributed by atoms with E-state index in [1.165, 1.54) is 27.8 Å². The summed E-state index contributed by atoms with van der Waals surface area (Å²) >= 11 is 0. The quantitative estimate of drug-likeness (QED) is 0.453. The molecule has 1 aromatic heterocycles. The van der Waals surface area contributed by atoms with Crippen LogP contribution in [0.2, 0.25) is 0 Å². The van der Waals surface area contributed by atoms with Gasteiger partial charge in [-0.05, 0) is 44.0 Å². The van der Waals surface area contributed by atoms with Crippen LogP contribution >= 0.6 is 0 Å². The monoisotopic (exact) mass is 493 g/mol. The molecule has 3 aromatic rings. The molecule has 0 spiro atoms. The summed E-state index contributed by atoms with van der Waals surface area (Å²) < 4.78 is 0. The Hall–Kier alpha value is -1.76. The van der Waals surface area contributed by atoms with Crippen LogP contribution in [-0.4, -0.2) is 4.98 Å². The zero-order valence-electron chi connectivity index (χ0n) is 14.4. The molecule has 3 rings (SSSR count). The van der Waals surface area contributed by atoms with Crippen molar-refractivity contribution in [1.82, 2.24) is 4.98 Å². The molecule has 2 heteroatoms. The summed E-state index contributed by atoms with van der Waals surface area (Å²) in [5, 5.41) is 0. The number of aromatic nitrogens is 1. The van der Waals surface area contributed by atoms with Crippen molar-refractivity contribution in [1.29, 1.82) is 0 Å². The van der Waals surface area contributed by atoms with Gasteiger partial charge in [-0.2, -0.15) is 0 Å². The molecule has 0 saturated carbocycles. The van der Waals surface area contributed by atoms with Crippen molar-refractivity contribution in [2.24, 2.45) is 0 Å². The Morgan fingerprint density at radius 3 is 2.08 bits per heavy atom. The number of benzene rings is 2. The van der Waals surface area contributed by atoms with E-state index in [9.17, 15) is 0 Å². The average molecular weight is 493 g/mol. The van der Waals surface area contributed by atoms with E-state index in [1.807, 2.05) is 6.20 Å². The molecular formula is C22H22IrN-. The Bertz CT molecular complexity index is 769. The van der Waals surface area contributed by atoms with Gasteiger partial charge in [0, 0.05) is 26.3 Å². The normalized spacial score (nSPS) is 10.3. The molecule has 0 bridgehead atoms. The minimum absolute atomic E-state index is 0. The molecule has 0 unspecified atom stereocenters. The van der Waals surface area contributed by atoms with E-state index >= 15 is 0 Å². The average Bonchev–Trinajstić information content (AvgIpc) is 2.53. The van der Waals surface area contributed by atoms with Gasteiger partial charge in [-0.15, -0.1) is 35.4 Å². The second kappa shape index (κ2) is 8.37. The SMILES string of the molecule is Cc1ccc(-c2[c-]cc(CCc3cc(C)cc(C)c3)cc2)nc1.[Ir]. The topological polar surface area (TPSA) is 12.9 Å². The molecule has 0 N–H and O–H groups in total. The molecule has 1 radical (unpaired) electrons. The summed E-state index contributed by atoms with van der Waals surface area (Å²) in [6.45, 7) is 6.37. The molecule has 0 aliphatic heterocycles. The minimum atomic E-state index is 0. The van der Waals surface area contributed by atoms with Crippen molar-refractivity contribution in [3.63, 3.8) is 0 Å². The summed E-state index contributed by atoms with van der Waals surface area (Å²) in [7, 11) is 0. The Labute approximate surface area is 158 Å². The summed E-state index contributed by atoms with van der Waals surface area (Å²) in [6, 6.07) is 20.7. The maximum atomic E-state index is 4.46. The zero-order chi connectivity index (χ0) is 16.2. The zero-order valence-corrected chi connectivity index (χ0v) is 16.8. The number of hydrogen-bond donors (Lipinski definition) is 0. The Kier molecular flexibility index (Phi) is 6.48. The molecule has 0 aliphatic carbocycles. The molecule has 0 fully saturated rings. The summed E-state index contributed by atoms with van der Waals surface area (Å²) in [6.07, 6.45) is 4.01. The molecule has 0 atom stereocenters. The molecule has 0 aliphatic rings. The Morgan fingerprint density at radius 2 is 1.50 bits per heavy atom. The van der Waals surface area contributed by atoms with E-state index in [1.54, 1.807) is 0 Å². The van der Waals surface area contributed by atoms with Crippen LogP contribution in [0.3, 0.4) is 0 Å². The van der Waals surface area contributed by atoms with Crippen molar-refractivity contribution >= 4 is 0 Å². The fraction of sp³-hybridized carbons (Fsp3) is 0.227. The van der Waals surface area contributed by atoms with E-state index in [0.717, 1.165) is 24.1 Å². The molecule has 1 nitrogen and oxygen atoms in total. The maximum Gasteiger partial charge on any atom is 0.0190 e. The van der Waals surface area contributed by atoms with Crippen LogP contribution in [0.5, 0.6) is 0 Å². The number of hydrogen-bond acceptors (Lipinski definition) is 1. The van der Waals surface area contributed by atoms with Gasteiger partial charge in [0.2, 0.25) is 0 Å². The molecular weight excluding hydrogens is 470 g/mol. The van der Waals surface area contributed by atoms with Gasteiger partial charge in [0.1, 0.15) is 0 Å². The standard InChI is InChI=1S/C22H22N.Ir/c1-16-4-11-22(23-15-16)21-9-7-19(8-10-21)5-6-20-13-17(2)12-18(3)14-20;/h4,7-9,11-15H,5-6H2,1-3H3;/q-1;. The second-order valence-electron chi connectivity index (χ2n) is 6.33.